The van der Waals surface area contributed by atoms with Crippen molar-refractivity contribution in [2.75, 3.05) is 6.54 Å². The maximum Gasteiger partial charge on any atom is 0.315 e. The molecule has 0 spiro atoms. The predicted octanol–water partition coefficient (Wildman–Crippen LogP) is 0.0829. The van der Waals surface area contributed by atoms with E-state index in [1.54, 1.807) is 13.8 Å². The van der Waals surface area contributed by atoms with Gasteiger partial charge in [-0.05, 0) is 6.92 Å². The molecule has 3 N–H and O–H groups in total. The van der Waals surface area contributed by atoms with Crippen molar-refractivity contribution in [3.63, 3.8) is 0 Å². The summed E-state index contributed by atoms with van der Waals surface area (Å²) in [6.45, 7) is 3.66. The van der Waals surface area contributed by atoms with E-state index in [4.69, 9.17) is 9.63 Å². The largest absolute Gasteiger partial charge is 0.481 e. The van der Waals surface area contributed by atoms with Crippen LogP contribution in [0.3, 0.4) is 0 Å². The van der Waals surface area contributed by atoms with Gasteiger partial charge < -0.3 is 20.3 Å². The van der Waals surface area contributed by atoms with Gasteiger partial charge in [-0.2, -0.15) is 4.98 Å². The molecule has 0 radical (unpaired) electrons. The highest BCUT2D eigenvalue weighted by Gasteiger charge is 2.10. The Kier molecular flexibility index (Phi) is 5.09. The molecule has 0 fully saturated rings. The van der Waals surface area contributed by atoms with Crippen LogP contribution in [0.2, 0.25) is 0 Å². The molecule has 1 atom stereocenters. The third-order valence-corrected chi connectivity index (χ3v) is 2.06. The van der Waals surface area contributed by atoms with Crippen molar-refractivity contribution in [1.82, 2.24) is 20.8 Å². The fourth-order valence-corrected chi connectivity index (χ4v) is 1.32. The summed E-state index contributed by atoms with van der Waals surface area (Å²) in [5.74, 6) is 0.0426. The van der Waals surface area contributed by atoms with Gasteiger partial charge in [0.1, 0.15) is 0 Å². The number of aliphatic carboxylic acids is 1. The molecule has 1 rings (SSSR count). The van der Waals surface area contributed by atoms with Gasteiger partial charge in [0.05, 0.1) is 6.42 Å². The molecule has 1 aromatic rings. The van der Waals surface area contributed by atoms with E-state index < -0.39 is 18.0 Å². The Morgan fingerprint density at radius 2 is 2.22 bits per heavy atom. The highest BCUT2D eigenvalue weighted by molar-refractivity contribution is 5.75. The van der Waals surface area contributed by atoms with E-state index in [0.717, 1.165) is 0 Å². The van der Waals surface area contributed by atoms with E-state index in [2.05, 4.69) is 20.8 Å². The van der Waals surface area contributed by atoms with Crippen molar-refractivity contribution in [2.45, 2.75) is 32.7 Å². The van der Waals surface area contributed by atoms with Crippen LogP contribution in [0.25, 0.3) is 0 Å². The summed E-state index contributed by atoms with van der Waals surface area (Å²) in [5, 5.41) is 17.3. The van der Waals surface area contributed by atoms with Crippen molar-refractivity contribution in [2.24, 2.45) is 0 Å². The number of nitrogens with one attached hydrogen (secondary N) is 2. The lowest BCUT2D eigenvalue weighted by Gasteiger charge is -2.11. The number of nitrogens with zero attached hydrogens (tertiary/aromatic N) is 2. The molecule has 2 amide bonds. The summed E-state index contributed by atoms with van der Waals surface area (Å²) in [6.07, 6.45) is 0.343. The molecule has 0 aliphatic rings. The number of carboxylic acids is 1. The highest BCUT2D eigenvalue weighted by Crippen LogP contribution is 1.95. The second kappa shape index (κ2) is 6.58. The zero-order valence-corrected chi connectivity index (χ0v) is 10.3. The zero-order chi connectivity index (χ0) is 13.5. The first-order valence-corrected chi connectivity index (χ1v) is 5.52. The van der Waals surface area contributed by atoms with E-state index >= 15 is 0 Å². The third-order valence-electron chi connectivity index (χ3n) is 2.06. The second-order valence-corrected chi connectivity index (χ2v) is 3.88. The van der Waals surface area contributed by atoms with E-state index in [1.165, 1.54) is 0 Å². The van der Waals surface area contributed by atoms with Crippen LogP contribution in [0, 0.1) is 6.92 Å². The molecule has 1 heterocycles. The monoisotopic (exact) mass is 256 g/mol. The van der Waals surface area contributed by atoms with Gasteiger partial charge in [0.25, 0.3) is 0 Å². The Labute approximate surface area is 104 Å². The van der Waals surface area contributed by atoms with Gasteiger partial charge in [-0.3, -0.25) is 4.79 Å². The molecule has 0 bridgehead atoms. The third kappa shape index (κ3) is 5.28. The minimum absolute atomic E-state index is 0.114. The lowest BCUT2D eigenvalue weighted by Crippen LogP contribution is -2.42. The highest BCUT2D eigenvalue weighted by atomic mass is 16.5. The number of carboxylic acid groups (broad SMARTS) is 1. The first-order valence-electron chi connectivity index (χ1n) is 5.52. The van der Waals surface area contributed by atoms with Crippen molar-refractivity contribution in [1.29, 1.82) is 0 Å². The van der Waals surface area contributed by atoms with Crippen molar-refractivity contribution in [3.05, 3.63) is 11.7 Å². The first kappa shape index (κ1) is 13.9. The lowest BCUT2D eigenvalue weighted by atomic mass is 10.2. The molecule has 8 heteroatoms. The van der Waals surface area contributed by atoms with Gasteiger partial charge in [0.15, 0.2) is 5.82 Å². The fourth-order valence-electron chi connectivity index (χ4n) is 1.32. The lowest BCUT2D eigenvalue weighted by molar-refractivity contribution is -0.137. The van der Waals surface area contributed by atoms with Crippen LogP contribution in [-0.2, 0) is 11.2 Å². The number of rotatable bonds is 6. The summed E-state index contributed by atoms with van der Waals surface area (Å²) >= 11 is 0. The summed E-state index contributed by atoms with van der Waals surface area (Å²) in [4.78, 5) is 25.7. The van der Waals surface area contributed by atoms with Crippen LogP contribution in [0.4, 0.5) is 4.79 Å². The molecule has 0 aliphatic carbocycles. The molecule has 1 unspecified atom stereocenters. The van der Waals surface area contributed by atoms with Crippen LogP contribution in [0.15, 0.2) is 4.52 Å². The molecular formula is C10H16N4O4. The molecule has 0 saturated carbocycles. The van der Waals surface area contributed by atoms with Crippen LogP contribution in [-0.4, -0.2) is 39.8 Å². The van der Waals surface area contributed by atoms with Gasteiger partial charge in [-0.15, -0.1) is 0 Å². The Morgan fingerprint density at radius 3 is 2.78 bits per heavy atom. The SMILES string of the molecule is Cc1nc(CCNC(=O)NC(C)CC(=O)O)no1. The number of aryl methyl sites for hydroxylation is 1. The summed E-state index contributed by atoms with van der Waals surface area (Å²) in [7, 11) is 0. The smallest absolute Gasteiger partial charge is 0.315 e. The van der Waals surface area contributed by atoms with Gasteiger partial charge in [-0.1, -0.05) is 5.16 Å². The summed E-state index contributed by atoms with van der Waals surface area (Å²) in [5.41, 5.74) is 0. The van der Waals surface area contributed by atoms with Gasteiger partial charge in [-0.25, -0.2) is 4.79 Å². The number of hydrogen-bond acceptors (Lipinski definition) is 5. The van der Waals surface area contributed by atoms with E-state index in [-0.39, 0.29) is 6.42 Å². The molecule has 0 aromatic carbocycles. The maximum atomic E-state index is 11.4. The number of carbonyl (C=O) groups excluding carboxylic acids is 1. The topological polar surface area (TPSA) is 117 Å². The van der Waals surface area contributed by atoms with E-state index in [9.17, 15) is 9.59 Å². The van der Waals surface area contributed by atoms with Gasteiger partial charge >= 0.3 is 12.0 Å². The predicted molar refractivity (Wildman–Crippen MR) is 61.0 cm³/mol. The van der Waals surface area contributed by atoms with E-state index in [0.29, 0.717) is 24.7 Å². The number of aromatic nitrogens is 2. The zero-order valence-electron chi connectivity index (χ0n) is 10.3. The minimum atomic E-state index is -0.954. The second-order valence-electron chi connectivity index (χ2n) is 3.88. The Morgan fingerprint density at radius 1 is 1.50 bits per heavy atom. The van der Waals surface area contributed by atoms with Crippen molar-refractivity contribution in [3.8, 4) is 0 Å². The average Bonchev–Trinajstić information content (AvgIpc) is 2.62. The van der Waals surface area contributed by atoms with Crippen LogP contribution in [0.1, 0.15) is 25.1 Å². The van der Waals surface area contributed by atoms with Gasteiger partial charge in [0, 0.05) is 25.9 Å². The van der Waals surface area contributed by atoms with Crippen LogP contribution >= 0.6 is 0 Å². The Balaban J connectivity index is 2.19. The summed E-state index contributed by atoms with van der Waals surface area (Å²) < 4.78 is 4.78. The van der Waals surface area contributed by atoms with Crippen LogP contribution in [0.5, 0.6) is 0 Å². The normalized spacial score (nSPS) is 11.9. The first-order chi connectivity index (χ1) is 8.47. The minimum Gasteiger partial charge on any atom is -0.481 e. The number of amides is 2. The molecule has 0 aliphatic heterocycles. The van der Waals surface area contributed by atoms with E-state index in [1.807, 2.05) is 0 Å². The molecule has 100 valence electrons. The number of carbonyl (C=O) groups is 2. The molecule has 0 saturated heterocycles. The summed E-state index contributed by atoms with van der Waals surface area (Å²) in [6, 6.07) is -0.834. The van der Waals surface area contributed by atoms with Gasteiger partial charge in [0.2, 0.25) is 5.89 Å². The Bertz CT molecular complexity index is 418. The molecule has 8 nitrogen and oxygen atoms in total. The number of urea groups is 1. The van der Waals surface area contributed by atoms with Crippen molar-refractivity contribution >= 4 is 12.0 Å². The Hall–Kier alpha value is -2.12. The van der Waals surface area contributed by atoms with Crippen LogP contribution < -0.4 is 10.6 Å². The molecular weight excluding hydrogens is 240 g/mol. The quantitative estimate of drug-likeness (QED) is 0.663. The molecule has 18 heavy (non-hydrogen) atoms. The standard InChI is InChI=1S/C10H16N4O4/c1-6(5-9(15)16)12-10(17)11-4-3-8-13-7(2)18-14-8/h6H,3-5H2,1-2H3,(H,15,16)(H2,11,12,17). The average molecular weight is 256 g/mol. The van der Waals surface area contributed by atoms with Crippen molar-refractivity contribution < 1.29 is 19.2 Å². The maximum absolute atomic E-state index is 11.4. The molecule has 1 aromatic heterocycles. The fraction of sp³-hybridized carbons (Fsp3) is 0.600. The number of hydrogen-bond donors (Lipinski definition) is 3.